The monoisotopic (exact) mass is 545 g/mol. The lowest BCUT2D eigenvalue weighted by Gasteiger charge is -2.10. The van der Waals surface area contributed by atoms with Crippen LogP contribution in [-0.4, -0.2) is 24.0 Å². The van der Waals surface area contributed by atoms with Crippen LogP contribution in [0.3, 0.4) is 0 Å². The van der Waals surface area contributed by atoms with Crippen molar-refractivity contribution in [3.8, 4) is 5.75 Å². The molecule has 190 valence electrons. The second-order valence-electron chi connectivity index (χ2n) is 8.12. The summed E-state index contributed by atoms with van der Waals surface area (Å²) >= 11 is 12.0. The molecule has 38 heavy (non-hydrogen) atoms. The van der Waals surface area contributed by atoms with Gasteiger partial charge in [-0.1, -0.05) is 65.2 Å². The van der Waals surface area contributed by atoms with Crippen LogP contribution in [0.4, 0.5) is 5.69 Å². The maximum absolute atomic E-state index is 12.8. The number of aryl methyl sites for hydroxylation is 1. The Bertz CT molecular complexity index is 1540. The van der Waals surface area contributed by atoms with Crippen molar-refractivity contribution in [2.24, 2.45) is 5.10 Å². The SMILES string of the molecule is Cc1ccc(C(=O)Nc2ccccc2C(=O)N/N=C\c2ccccc2OC(=O)c2ccc(Cl)cc2Cl)cc1. The average molecular weight is 546 g/mol. The highest BCUT2D eigenvalue weighted by atomic mass is 35.5. The van der Waals surface area contributed by atoms with Crippen LogP contribution in [0.5, 0.6) is 5.75 Å². The molecule has 4 rings (SSSR count). The van der Waals surface area contributed by atoms with E-state index in [4.69, 9.17) is 27.9 Å². The number of nitrogens with zero attached hydrogens (tertiary/aromatic N) is 1. The van der Waals surface area contributed by atoms with E-state index < -0.39 is 11.9 Å². The number of carbonyl (C=O) groups excluding carboxylic acids is 3. The summed E-state index contributed by atoms with van der Waals surface area (Å²) in [6, 6.07) is 24.8. The zero-order valence-electron chi connectivity index (χ0n) is 20.1. The molecule has 0 aliphatic rings. The van der Waals surface area contributed by atoms with Crippen molar-refractivity contribution in [2.75, 3.05) is 5.32 Å². The van der Waals surface area contributed by atoms with Crippen LogP contribution in [0.25, 0.3) is 0 Å². The molecule has 9 heteroatoms. The molecule has 0 fully saturated rings. The summed E-state index contributed by atoms with van der Waals surface area (Å²) in [4.78, 5) is 38.1. The van der Waals surface area contributed by atoms with E-state index in [0.717, 1.165) is 5.56 Å². The number of ether oxygens (including phenoxy) is 1. The lowest BCUT2D eigenvalue weighted by molar-refractivity contribution is 0.0734. The fraction of sp³-hybridized carbons (Fsp3) is 0.0345. The van der Waals surface area contributed by atoms with Crippen LogP contribution in [-0.2, 0) is 0 Å². The molecule has 0 aromatic heterocycles. The van der Waals surface area contributed by atoms with Crippen molar-refractivity contribution in [2.45, 2.75) is 6.92 Å². The molecule has 0 aliphatic heterocycles. The van der Waals surface area contributed by atoms with Gasteiger partial charge >= 0.3 is 5.97 Å². The van der Waals surface area contributed by atoms with E-state index in [2.05, 4.69) is 15.8 Å². The highest BCUT2D eigenvalue weighted by Crippen LogP contribution is 2.24. The number of hydrazone groups is 1. The van der Waals surface area contributed by atoms with Gasteiger partial charge in [-0.25, -0.2) is 10.2 Å². The molecular formula is C29H21Cl2N3O4. The summed E-state index contributed by atoms with van der Waals surface area (Å²) in [5.41, 5.74) is 5.09. The number of carbonyl (C=O) groups is 3. The summed E-state index contributed by atoms with van der Waals surface area (Å²) in [5, 5.41) is 7.32. The van der Waals surface area contributed by atoms with Gasteiger partial charge in [0.15, 0.2) is 0 Å². The molecule has 0 aliphatic carbocycles. The predicted molar refractivity (Wildman–Crippen MR) is 148 cm³/mol. The van der Waals surface area contributed by atoms with Gasteiger partial charge in [-0.2, -0.15) is 5.10 Å². The van der Waals surface area contributed by atoms with Crippen molar-refractivity contribution in [1.29, 1.82) is 0 Å². The molecule has 0 saturated carbocycles. The van der Waals surface area contributed by atoms with Crippen molar-refractivity contribution < 1.29 is 19.1 Å². The molecule has 0 bridgehead atoms. The summed E-state index contributed by atoms with van der Waals surface area (Å²) in [5.74, 6) is -1.34. The van der Waals surface area contributed by atoms with E-state index in [-0.39, 0.29) is 27.8 Å². The standard InChI is InChI=1S/C29H21Cl2N3O4/c1-18-10-12-19(13-11-18)27(35)33-25-8-4-3-7-23(25)28(36)34-32-17-20-6-2-5-9-26(20)38-29(37)22-15-14-21(30)16-24(22)31/h2-17H,1H3,(H,33,35)(H,34,36)/b32-17-. The average Bonchev–Trinajstić information content (AvgIpc) is 2.90. The Morgan fingerprint density at radius 2 is 1.53 bits per heavy atom. The zero-order valence-corrected chi connectivity index (χ0v) is 21.6. The zero-order chi connectivity index (χ0) is 27.1. The van der Waals surface area contributed by atoms with Crippen molar-refractivity contribution in [3.05, 3.63) is 129 Å². The van der Waals surface area contributed by atoms with Gasteiger partial charge in [0, 0.05) is 16.1 Å². The number of amides is 2. The number of anilines is 1. The third-order valence-electron chi connectivity index (χ3n) is 5.38. The molecule has 0 saturated heterocycles. The summed E-state index contributed by atoms with van der Waals surface area (Å²) in [6.07, 6.45) is 1.34. The number of hydrogen-bond donors (Lipinski definition) is 2. The topological polar surface area (TPSA) is 96.9 Å². The molecule has 2 amide bonds. The number of rotatable bonds is 7. The molecule has 0 unspecified atom stereocenters. The summed E-state index contributed by atoms with van der Waals surface area (Å²) < 4.78 is 5.49. The molecule has 0 radical (unpaired) electrons. The van der Waals surface area contributed by atoms with Gasteiger partial charge in [0.1, 0.15) is 5.75 Å². The van der Waals surface area contributed by atoms with Gasteiger partial charge in [0.25, 0.3) is 11.8 Å². The Balaban J connectivity index is 1.45. The van der Waals surface area contributed by atoms with E-state index in [0.29, 0.717) is 21.8 Å². The first-order chi connectivity index (χ1) is 18.3. The molecule has 7 nitrogen and oxygen atoms in total. The second-order valence-corrected chi connectivity index (χ2v) is 8.96. The fourth-order valence-corrected chi connectivity index (χ4v) is 3.89. The highest BCUT2D eigenvalue weighted by Gasteiger charge is 2.16. The first-order valence-corrected chi connectivity index (χ1v) is 12.1. The first kappa shape index (κ1) is 26.6. The Morgan fingerprint density at radius 1 is 0.816 bits per heavy atom. The van der Waals surface area contributed by atoms with Crippen LogP contribution in [0.1, 0.15) is 42.2 Å². The molecular weight excluding hydrogens is 525 g/mol. The lowest BCUT2D eigenvalue weighted by atomic mass is 10.1. The largest absolute Gasteiger partial charge is 0.422 e. The van der Waals surface area contributed by atoms with Gasteiger partial charge in [0.2, 0.25) is 0 Å². The number of nitrogens with one attached hydrogen (secondary N) is 2. The maximum Gasteiger partial charge on any atom is 0.345 e. The van der Waals surface area contributed by atoms with Gasteiger partial charge in [-0.15, -0.1) is 0 Å². The number of benzene rings is 4. The fourth-order valence-electron chi connectivity index (χ4n) is 3.40. The predicted octanol–water partition coefficient (Wildman–Crippen LogP) is 6.54. The summed E-state index contributed by atoms with van der Waals surface area (Å²) in [6.45, 7) is 1.93. The minimum Gasteiger partial charge on any atom is -0.422 e. The van der Waals surface area contributed by atoms with Gasteiger partial charge in [-0.3, -0.25) is 9.59 Å². The van der Waals surface area contributed by atoms with Crippen LogP contribution in [0.15, 0.2) is 96.1 Å². The molecule has 4 aromatic carbocycles. The smallest absolute Gasteiger partial charge is 0.345 e. The van der Waals surface area contributed by atoms with Crippen molar-refractivity contribution in [1.82, 2.24) is 5.43 Å². The molecule has 0 spiro atoms. The minimum atomic E-state index is -0.671. The van der Waals surface area contributed by atoms with Crippen molar-refractivity contribution in [3.63, 3.8) is 0 Å². The number of esters is 1. The Labute approximate surface area is 229 Å². The van der Waals surface area contributed by atoms with Gasteiger partial charge in [0.05, 0.1) is 28.1 Å². The van der Waals surface area contributed by atoms with E-state index in [1.807, 2.05) is 19.1 Å². The van der Waals surface area contributed by atoms with Crippen molar-refractivity contribution >= 4 is 52.9 Å². The second kappa shape index (κ2) is 12.2. The molecule has 2 N–H and O–H groups in total. The molecule has 0 atom stereocenters. The Morgan fingerprint density at radius 3 is 2.29 bits per heavy atom. The quantitative estimate of drug-likeness (QED) is 0.119. The van der Waals surface area contributed by atoms with Crippen LogP contribution >= 0.6 is 23.2 Å². The van der Waals surface area contributed by atoms with Crippen LogP contribution in [0.2, 0.25) is 10.0 Å². The Hall–Kier alpha value is -4.46. The van der Waals surface area contributed by atoms with E-state index in [1.54, 1.807) is 60.7 Å². The molecule has 4 aromatic rings. The summed E-state index contributed by atoms with van der Waals surface area (Å²) in [7, 11) is 0. The van der Waals surface area contributed by atoms with Gasteiger partial charge < -0.3 is 10.1 Å². The number of hydrogen-bond acceptors (Lipinski definition) is 5. The van der Waals surface area contributed by atoms with Crippen LogP contribution in [0, 0.1) is 6.92 Å². The first-order valence-electron chi connectivity index (χ1n) is 11.4. The van der Waals surface area contributed by atoms with Crippen LogP contribution < -0.4 is 15.5 Å². The third kappa shape index (κ3) is 6.64. The normalized spacial score (nSPS) is 10.7. The minimum absolute atomic E-state index is 0.153. The highest BCUT2D eigenvalue weighted by molar-refractivity contribution is 6.36. The van der Waals surface area contributed by atoms with E-state index in [1.165, 1.54) is 24.4 Å². The molecule has 0 heterocycles. The lowest BCUT2D eigenvalue weighted by Crippen LogP contribution is -2.21. The number of halogens is 2. The van der Waals surface area contributed by atoms with Gasteiger partial charge in [-0.05, 0) is 61.5 Å². The van der Waals surface area contributed by atoms with E-state index >= 15 is 0 Å². The third-order valence-corrected chi connectivity index (χ3v) is 5.92. The Kier molecular flexibility index (Phi) is 8.53. The number of para-hydroxylation sites is 2. The maximum atomic E-state index is 12.8. The van der Waals surface area contributed by atoms with E-state index in [9.17, 15) is 14.4 Å².